The normalized spacial score (nSPS) is 10.7. The second-order valence-electron chi connectivity index (χ2n) is 7.29. The molecule has 0 aliphatic rings. The molecule has 0 saturated carbocycles. The minimum Gasteiger partial charge on any atom is -0.488 e. The predicted octanol–water partition coefficient (Wildman–Crippen LogP) is 5.01. The molecule has 3 aromatic rings. The van der Waals surface area contributed by atoms with E-state index >= 15 is 0 Å². The molecule has 7 heteroatoms. The summed E-state index contributed by atoms with van der Waals surface area (Å²) < 4.78 is 5.89. The van der Waals surface area contributed by atoms with Gasteiger partial charge in [0, 0.05) is 16.3 Å². The molecule has 164 valence electrons. The van der Waals surface area contributed by atoms with E-state index in [1.165, 1.54) is 11.8 Å². The molecule has 2 N–H and O–H groups in total. The monoisotopic (exact) mass is 449 g/mol. The maximum absolute atomic E-state index is 12.1. The standard InChI is InChI=1S/C25H24ClN3O3/c1-17-7-10-19(11-8-17)16-32-23-6-4-3-5-20(23)15-27-29-25(31)14-24(30)28-21-12-9-18(2)22(26)13-21/h3-13,15H,14,16H2,1-2H3,(H,28,30)(H,29,31). The number of carbonyl (C=O) groups is 2. The zero-order valence-electron chi connectivity index (χ0n) is 17.9. The largest absolute Gasteiger partial charge is 0.488 e. The molecule has 0 heterocycles. The van der Waals surface area contributed by atoms with Gasteiger partial charge >= 0.3 is 0 Å². The molecular formula is C25H24ClN3O3. The van der Waals surface area contributed by atoms with Crippen LogP contribution in [0.4, 0.5) is 5.69 Å². The lowest BCUT2D eigenvalue weighted by molar-refractivity contribution is -0.126. The van der Waals surface area contributed by atoms with Gasteiger partial charge in [0.25, 0.3) is 0 Å². The first-order chi connectivity index (χ1) is 15.4. The topological polar surface area (TPSA) is 79.8 Å². The van der Waals surface area contributed by atoms with E-state index in [0.717, 1.165) is 11.1 Å². The minimum absolute atomic E-state index is 0.367. The Labute approximate surface area is 192 Å². The van der Waals surface area contributed by atoms with Gasteiger partial charge in [0.2, 0.25) is 11.8 Å². The summed E-state index contributed by atoms with van der Waals surface area (Å²) in [5.74, 6) is -0.352. The van der Waals surface area contributed by atoms with Gasteiger partial charge in [-0.2, -0.15) is 5.10 Å². The fourth-order valence-electron chi connectivity index (χ4n) is 2.80. The van der Waals surface area contributed by atoms with Crippen molar-refractivity contribution in [3.63, 3.8) is 0 Å². The van der Waals surface area contributed by atoms with E-state index in [1.54, 1.807) is 18.2 Å². The van der Waals surface area contributed by atoms with Crippen LogP contribution in [0.5, 0.6) is 5.75 Å². The van der Waals surface area contributed by atoms with Crippen LogP contribution in [-0.2, 0) is 16.2 Å². The van der Waals surface area contributed by atoms with E-state index in [2.05, 4.69) is 15.8 Å². The van der Waals surface area contributed by atoms with Crippen molar-refractivity contribution in [3.8, 4) is 5.75 Å². The van der Waals surface area contributed by atoms with Gasteiger partial charge in [0.15, 0.2) is 0 Å². The van der Waals surface area contributed by atoms with Crippen LogP contribution in [0, 0.1) is 13.8 Å². The van der Waals surface area contributed by atoms with Crippen molar-refractivity contribution in [1.29, 1.82) is 0 Å². The molecule has 0 spiro atoms. The number of halogens is 1. The molecular weight excluding hydrogens is 426 g/mol. The highest BCUT2D eigenvalue weighted by molar-refractivity contribution is 6.31. The summed E-state index contributed by atoms with van der Waals surface area (Å²) >= 11 is 6.05. The molecule has 6 nitrogen and oxygen atoms in total. The number of nitrogens with zero attached hydrogens (tertiary/aromatic N) is 1. The zero-order chi connectivity index (χ0) is 22.9. The third kappa shape index (κ3) is 6.96. The number of benzene rings is 3. The number of hydrogen-bond acceptors (Lipinski definition) is 4. The average molecular weight is 450 g/mol. The van der Waals surface area contributed by atoms with Gasteiger partial charge in [0.1, 0.15) is 18.8 Å². The van der Waals surface area contributed by atoms with Crippen molar-refractivity contribution in [2.24, 2.45) is 5.10 Å². The fraction of sp³-hybridized carbons (Fsp3) is 0.160. The van der Waals surface area contributed by atoms with Crippen molar-refractivity contribution in [2.45, 2.75) is 26.9 Å². The second kappa shape index (κ2) is 11.1. The van der Waals surface area contributed by atoms with Crippen LogP contribution in [0.15, 0.2) is 71.8 Å². The minimum atomic E-state index is -0.532. The number of carbonyl (C=O) groups excluding carboxylic acids is 2. The number of hydrazone groups is 1. The predicted molar refractivity (Wildman–Crippen MR) is 127 cm³/mol. The number of hydrogen-bond donors (Lipinski definition) is 2. The summed E-state index contributed by atoms with van der Waals surface area (Å²) in [6, 6.07) is 20.6. The maximum Gasteiger partial charge on any atom is 0.249 e. The summed E-state index contributed by atoms with van der Waals surface area (Å²) in [5.41, 5.74) is 6.74. The molecule has 0 bridgehead atoms. The van der Waals surface area contributed by atoms with Gasteiger partial charge in [-0.05, 0) is 49.2 Å². The third-order valence-electron chi connectivity index (χ3n) is 4.60. The van der Waals surface area contributed by atoms with E-state index in [0.29, 0.717) is 28.6 Å². The van der Waals surface area contributed by atoms with Crippen LogP contribution < -0.4 is 15.5 Å². The van der Waals surface area contributed by atoms with Gasteiger partial charge in [-0.3, -0.25) is 9.59 Å². The Morgan fingerprint density at radius 2 is 1.75 bits per heavy atom. The number of nitrogens with one attached hydrogen (secondary N) is 2. The summed E-state index contributed by atoms with van der Waals surface area (Å²) in [6.07, 6.45) is 1.12. The van der Waals surface area contributed by atoms with Gasteiger partial charge in [0.05, 0.1) is 6.21 Å². The highest BCUT2D eigenvalue weighted by Gasteiger charge is 2.10. The second-order valence-corrected chi connectivity index (χ2v) is 7.70. The number of amides is 2. The Morgan fingerprint density at radius 1 is 1.00 bits per heavy atom. The quantitative estimate of drug-likeness (QED) is 0.288. The van der Waals surface area contributed by atoms with Crippen LogP contribution in [0.3, 0.4) is 0 Å². The summed E-state index contributed by atoms with van der Waals surface area (Å²) in [7, 11) is 0. The molecule has 0 fully saturated rings. The smallest absolute Gasteiger partial charge is 0.249 e. The molecule has 0 unspecified atom stereocenters. The van der Waals surface area contributed by atoms with Gasteiger partial charge in [-0.15, -0.1) is 0 Å². The molecule has 0 aromatic heterocycles. The van der Waals surface area contributed by atoms with E-state index < -0.39 is 11.8 Å². The van der Waals surface area contributed by atoms with Gasteiger partial charge in [-0.1, -0.05) is 59.6 Å². The highest BCUT2D eigenvalue weighted by atomic mass is 35.5. The molecule has 0 aliphatic carbocycles. The Balaban J connectivity index is 1.51. The van der Waals surface area contributed by atoms with Crippen molar-refractivity contribution in [3.05, 3.63) is 94.0 Å². The molecule has 0 radical (unpaired) electrons. The number of para-hydroxylation sites is 1. The van der Waals surface area contributed by atoms with Crippen LogP contribution in [0.2, 0.25) is 5.02 Å². The molecule has 2 amide bonds. The van der Waals surface area contributed by atoms with E-state index in [4.69, 9.17) is 16.3 Å². The third-order valence-corrected chi connectivity index (χ3v) is 5.01. The average Bonchev–Trinajstić information content (AvgIpc) is 2.76. The van der Waals surface area contributed by atoms with Crippen molar-refractivity contribution < 1.29 is 14.3 Å². The first kappa shape index (κ1) is 23.0. The van der Waals surface area contributed by atoms with Crippen molar-refractivity contribution in [2.75, 3.05) is 5.32 Å². The Hall–Kier alpha value is -3.64. The summed E-state index contributed by atoms with van der Waals surface area (Å²) in [6.45, 7) is 4.32. The summed E-state index contributed by atoms with van der Waals surface area (Å²) in [4.78, 5) is 24.1. The molecule has 3 rings (SSSR count). The first-order valence-corrected chi connectivity index (χ1v) is 10.4. The zero-order valence-corrected chi connectivity index (χ0v) is 18.6. The lowest BCUT2D eigenvalue weighted by Crippen LogP contribution is -2.24. The van der Waals surface area contributed by atoms with Crippen LogP contribution in [-0.4, -0.2) is 18.0 Å². The van der Waals surface area contributed by atoms with Crippen molar-refractivity contribution >= 4 is 35.3 Å². The maximum atomic E-state index is 12.1. The van der Waals surface area contributed by atoms with E-state index in [-0.39, 0.29) is 6.42 Å². The highest BCUT2D eigenvalue weighted by Crippen LogP contribution is 2.20. The molecule has 32 heavy (non-hydrogen) atoms. The van der Waals surface area contributed by atoms with Crippen molar-refractivity contribution in [1.82, 2.24) is 5.43 Å². The van der Waals surface area contributed by atoms with Gasteiger partial charge < -0.3 is 10.1 Å². The SMILES string of the molecule is Cc1ccc(COc2ccccc2C=NNC(=O)CC(=O)Nc2ccc(C)c(Cl)c2)cc1. The Morgan fingerprint density at radius 3 is 2.50 bits per heavy atom. The number of aryl methyl sites for hydroxylation is 2. The Bertz CT molecular complexity index is 1130. The molecule has 0 saturated heterocycles. The fourth-order valence-corrected chi connectivity index (χ4v) is 2.98. The van der Waals surface area contributed by atoms with E-state index in [9.17, 15) is 9.59 Å². The van der Waals surface area contributed by atoms with Crippen LogP contribution in [0.25, 0.3) is 0 Å². The lowest BCUT2D eigenvalue weighted by Gasteiger charge is -2.09. The number of anilines is 1. The van der Waals surface area contributed by atoms with Gasteiger partial charge in [-0.25, -0.2) is 5.43 Å². The van der Waals surface area contributed by atoms with E-state index in [1.807, 2.05) is 62.4 Å². The summed E-state index contributed by atoms with van der Waals surface area (Å²) in [5, 5.41) is 7.13. The first-order valence-electron chi connectivity index (χ1n) is 10.1. The number of ether oxygens (including phenoxy) is 1. The Kier molecular flexibility index (Phi) is 8.00. The number of rotatable bonds is 8. The molecule has 3 aromatic carbocycles. The molecule has 0 atom stereocenters. The lowest BCUT2D eigenvalue weighted by atomic mass is 10.1. The van der Waals surface area contributed by atoms with Crippen LogP contribution >= 0.6 is 11.6 Å². The molecule has 0 aliphatic heterocycles. The van der Waals surface area contributed by atoms with Crippen LogP contribution in [0.1, 0.15) is 28.7 Å².